The van der Waals surface area contributed by atoms with Crippen LogP contribution in [0.3, 0.4) is 0 Å². The van der Waals surface area contributed by atoms with E-state index in [-0.39, 0.29) is 18.5 Å². The van der Waals surface area contributed by atoms with Gasteiger partial charge in [0.2, 0.25) is 0 Å². The summed E-state index contributed by atoms with van der Waals surface area (Å²) >= 11 is 0. The molecule has 0 spiro atoms. The molecule has 2 fully saturated rings. The lowest BCUT2D eigenvalue weighted by molar-refractivity contribution is -0.149. The fourth-order valence-corrected chi connectivity index (χ4v) is 2.96. The number of ether oxygens (including phenoxy) is 1. The van der Waals surface area contributed by atoms with Gasteiger partial charge in [-0.05, 0) is 32.6 Å². The zero-order valence-electron chi connectivity index (χ0n) is 12.3. The lowest BCUT2D eigenvalue weighted by Crippen LogP contribution is -2.53. The van der Waals surface area contributed by atoms with Crippen molar-refractivity contribution in [2.45, 2.75) is 38.6 Å². The topological polar surface area (TPSA) is 87.2 Å². The van der Waals surface area contributed by atoms with Crippen LogP contribution in [0.2, 0.25) is 0 Å². The first-order chi connectivity index (χ1) is 10.0. The van der Waals surface area contributed by atoms with Crippen LogP contribution in [-0.2, 0) is 14.3 Å². The molecule has 7 nitrogen and oxygen atoms in total. The number of aliphatic carboxylic acids is 1. The third-order valence-electron chi connectivity index (χ3n) is 4.12. The summed E-state index contributed by atoms with van der Waals surface area (Å²) < 4.78 is 5.04. The predicted octanol–water partition coefficient (Wildman–Crippen LogP) is 0.930. The van der Waals surface area contributed by atoms with Crippen molar-refractivity contribution in [3.8, 4) is 0 Å². The van der Waals surface area contributed by atoms with Crippen LogP contribution in [0.5, 0.6) is 0 Å². The molecule has 0 bridgehead atoms. The van der Waals surface area contributed by atoms with Gasteiger partial charge in [-0.2, -0.15) is 0 Å². The SMILES string of the molecule is CCOC(=O)C1CCCCN1C(=O)N1CCC(C(=O)O)C1. The van der Waals surface area contributed by atoms with Crippen molar-refractivity contribution in [2.24, 2.45) is 5.92 Å². The van der Waals surface area contributed by atoms with Gasteiger partial charge >= 0.3 is 18.0 Å². The van der Waals surface area contributed by atoms with Crippen LogP contribution in [0.15, 0.2) is 0 Å². The molecule has 1 N–H and O–H groups in total. The minimum Gasteiger partial charge on any atom is -0.481 e. The Morgan fingerprint density at radius 2 is 1.95 bits per heavy atom. The van der Waals surface area contributed by atoms with Gasteiger partial charge in [0.25, 0.3) is 0 Å². The van der Waals surface area contributed by atoms with E-state index in [9.17, 15) is 14.4 Å². The van der Waals surface area contributed by atoms with Crippen molar-refractivity contribution in [1.82, 2.24) is 9.80 Å². The van der Waals surface area contributed by atoms with Crippen LogP contribution in [0, 0.1) is 5.92 Å². The Hall–Kier alpha value is -1.79. The molecule has 118 valence electrons. The Morgan fingerprint density at radius 1 is 1.19 bits per heavy atom. The summed E-state index contributed by atoms with van der Waals surface area (Å²) in [7, 11) is 0. The highest BCUT2D eigenvalue weighted by Crippen LogP contribution is 2.23. The molecule has 0 saturated carbocycles. The average Bonchev–Trinajstić information content (AvgIpc) is 2.97. The summed E-state index contributed by atoms with van der Waals surface area (Å²) in [5.74, 6) is -1.73. The average molecular weight is 298 g/mol. The summed E-state index contributed by atoms with van der Waals surface area (Å²) in [5, 5.41) is 9.01. The van der Waals surface area contributed by atoms with Crippen molar-refractivity contribution in [3.63, 3.8) is 0 Å². The zero-order chi connectivity index (χ0) is 15.4. The van der Waals surface area contributed by atoms with E-state index in [1.807, 2.05) is 0 Å². The highest BCUT2D eigenvalue weighted by molar-refractivity contribution is 5.84. The number of piperidine rings is 1. The highest BCUT2D eigenvalue weighted by Gasteiger charge is 2.38. The number of esters is 1. The molecule has 0 radical (unpaired) electrons. The number of carbonyl (C=O) groups is 3. The van der Waals surface area contributed by atoms with Gasteiger partial charge in [-0.25, -0.2) is 9.59 Å². The van der Waals surface area contributed by atoms with Gasteiger partial charge in [0, 0.05) is 19.6 Å². The predicted molar refractivity (Wildman–Crippen MR) is 73.7 cm³/mol. The molecule has 2 saturated heterocycles. The third kappa shape index (κ3) is 3.46. The molecule has 2 unspecified atom stereocenters. The van der Waals surface area contributed by atoms with E-state index < -0.39 is 17.9 Å². The molecule has 2 aliphatic heterocycles. The van der Waals surface area contributed by atoms with Crippen LogP contribution < -0.4 is 0 Å². The molecular weight excluding hydrogens is 276 g/mol. The van der Waals surface area contributed by atoms with Gasteiger partial charge < -0.3 is 19.6 Å². The molecule has 2 rings (SSSR count). The van der Waals surface area contributed by atoms with Gasteiger partial charge in [0.05, 0.1) is 12.5 Å². The number of urea groups is 1. The monoisotopic (exact) mass is 298 g/mol. The fourth-order valence-electron chi connectivity index (χ4n) is 2.96. The molecule has 0 aliphatic carbocycles. The summed E-state index contributed by atoms with van der Waals surface area (Å²) in [6, 6.07) is -0.772. The first kappa shape index (κ1) is 15.6. The number of carboxylic acid groups (broad SMARTS) is 1. The van der Waals surface area contributed by atoms with Crippen molar-refractivity contribution in [3.05, 3.63) is 0 Å². The Morgan fingerprint density at radius 3 is 2.57 bits per heavy atom. The lowest BCUT2D eigenvalue weighted by Gasteiger charge is -2.36. The standard InChI is InChI=1S/C14H22N2O5/c1-2-21-13(19)11-5-3-4-7-16(11)14(20)15-8-6-10(9-15)12(17)18/h10-11H,2-9H2,1H3,(H,17,18). The van der Waals surface area contributed by atoms with Gasteiger partial charge in [-0.1, -0.05) is 0 Å². The first-order valence-corrected chi connectivity index (χ1v) is 7.49. The smallest absolute Gasteiger partial charge is 0.328 e. The maximum atomic E-state index is 12.5. The van der Waals surface area contributed by atoms with E-state index in [1.165, 1.54) is 4.90 Å². The van der Waals surface area contributed by atoms with E-state index in [0.717, 1.165) is 12.8 Å². The van der Waals surface area contributed by atoms with Crippen molar-refractivity contribution in [2.75, 3.05) is 26.2 Å². The minimum absolute atomic E-state index is 0.222. The number of likely N-dealkylation sites (tertiary alicyclic amines) is 2. The maximum Gasteiger partial charge on any atom is 0.328 e. The highest BCUT2D eigenvalue weighted by atomic mass is 16.5. The molecule has 2 aliphatic rings. The first-order valence-electron chi connectivity index (χ1n) is 7.49. The van der Waals surface area contributed by atoms with E-state index in [0.29, 0.717) is 32.5 Å². The molecule has 7 heteroatoms. The summed E-state index contributed by atoms with van der Waals surface area (Å²) in [6.07, 6.45) is 2.84. The molecule has 0 aromatic carbocycles. The number of carboxylic acids is 1. The second-order valence-corrected chi connectivity index (χ2v) is 5.51. The Bertz CT molecular complexity index is 426. The van der Waals surface area contributed by atoms with E-state index in [1.54, 1.807) is 11.8 Å². The zero-order valence-corrected chi connectivity index (χ0v) is 12.3. The van der Waals surface area contributed by atoms with Crippen LogP contribution in [0.1, 0.15) is 32.6 Å². The summed E-state index contributed by atoms with van der Waals surface area (Å²) in [6.45, 7) is 3.21. The minimum atomic E-state index is -0.870. The molecule has 0 aromatic rings. The second kappa shape index (κ2) is 6.78. The molecular formula is C14H22N2O5. The molecule has 2 atom stereocenters. The molecule has 21 heavy (non-hydrogen) atoms. The number of amides is 2. The van der Waals surface area contributed by atoms with Crippen LogP contribution in [0.25, 0.3) is 0 Å². The van der Waals surface area contributed by atoms with Gasteiger partial charge in [-0.15, -0.1) is 0 Å². The van der Waals surface area contributed by atoms with E-state index in [4.69, 9.17) is 9.84 Å². The van der Waals surface area contributed by atoms with Crippen LogP contribution in [-0.4, -0.2) is 65.2 Å². The van der Waals surface area contributed by atoms with Gasteiger partial charge in [0.15, 0.2) is 0 Å². The summed E-state index contributed by atoms with van der Waals surface area (Å²) in [5.41, 5.74) is 0. The van der Waals surface area contributed by atoms with E-state index in [2.05, 4.69) is 0 Å². The molecule has 2 amide bonds. The van der Waals surface area contributed by atoms with Crippen molar-refractivity contribution < 1.29 is 24.2 Å². The quantitative estimate of drug-likeness (QED) is 0.783. The number of carbonyl (C=O) groups excluding carboxylic acids is 2. The van der Waals surface area contributed by atoms with Crippen molar-refractivity contribution >= 4 is 18.0 Å². The lowest BCUT2D eigenvalue weighted by atomic mass is 10.0. The molecule has 2 heterocycles. The number of nitrogens with zero attached hydrogens (tertiary/aromatic N) is 2. The van der Waals surface area contributed by atoms with Crippen LogP contribution in [0.4, 0.5) is 4.79 Å². The third-order valence-corrected chi connectivity index (χ3v) is 4.12. The number of hydrogen-bond donors (Lipinski definition) is 1. The van der Waals surface area contributed by atoms with Gasteiger partial charge in [-0.3, -0.25) is 4.79 Å². The normalized spacial score (nSPS) is 25.8. The molecule has 0 aromatic heterocycles. The van der Waals surface area contributed by atoms with Crippen LogP contribution >= 0.6 is 0 Å². The second-order valence-electron chi connectivity index (χ2n) is 5.51. The largest absolute Gasteiger partial charge is 0.481 e. The Kier molecular flexibility index (Phi) is 5.03. The maximum absolute atomic E-state index is 12.5. The fraction of sp³-hybridized carbons (Fsp3) is 0.786. The van der Waals surface area contributed by atoms with E-state index >= 15 is 0 Å². The summed E-state index contributed by atoms with van der Waals surface area (Å²) in [4.78, 5) is 38.6. The van der Waals surface area contributed by atoms with Gasteiger partial charge in [0.1, 0.15) is 6.04 Å². The van der Waals surface area contributed by atoms with Crippen molar-refractivity contribution in [1.29, 1.82) is 0 Å². The Labute approximate surface area is 123 Å². The number of hydrogen-bond acceptors (Lipinski definition) is 4. The Balaban J connectivity index is 2.02. The number of rotatable bonds is 3.